The molecule has 110 valence electrons. The fourth-order valence-electron chi connectivity index (χ4n) is 2.32. The van der Waals surface area contributed by atoms with Crippen LogP contribution in [0.3, 0.4) is 0 Å². The number of hydrogen-bond donors (Lipinski definition) is 1. The Morgan fingerprint density at radius 3 is 2.60 bits per heavy atom. The van der Waals surface area contributed by atoms with Crippen molar-refractivity contribution >= 4 is 22.9 Å². The van der Waals surface area contributed by atoms with Crippen LogP contribution in [0.1, 0.15) is 41.9 Å². The second-order valence-electron chi connectivity index (χ2n) is 5.24. The molecule has 0 aliphatic carbocycles. The summed E-state index contributed by atoms with van der Waals surface area (Å²) in [7, 11) is 0. The lowest BCUT2D eigenvalue weighted by Gasteiger charge is -2.22. The lowest BCUT2D eigenvalue weighted by atomic mass is 9.98. The Labute approximate surface area is 129 Å². The predicted molar refractivity (Wildman–Crippen MR) is 84.6 cm³/mol. The van der Waals surface area contributed by atoms with E-state index in [4.69, 9.17) is 11.6 Å². The van der Waals surface area contributed by atoms with Crippen LogP contribution in [0.2, 0.25) is 5.02 Å². The van der Waals surface area contributed by atoms with Gasteiger partial charge in [-0.2, -0.15) is 5.10 Å². The van der Waals surface area contributed by atoms with Crippen molar-refractivity contribution in [2.24, 2.45) is 0 Å². The maximum atomic E-state index is 10.8. The van der Waals surface area contributed by atoms with Gasteiger partial charge in [0.1, 0.15) is 5.60 Å². The molecule has 0 saturated heterocycles. The molecule has 1 atom stereocenters. The summed E-state index contributed by atoms with van der Waals surface area (Å²) in [6, 6.07) is 4.02. The van der Waals surface area contributed by atoms with Crippen molar-refractivity contribution < 1.29 is 5.11 Å². The summed E-state index contributed by atoms with van der Waals surface area (Å²) >= 11 is 8.04. The van der Waals surface area contributed by atoms with Gasteiger partial charge in [0.2, 0.25) is 0 Å². The number of rotatable bonds is 5. The zero-order valence-electron chi connectivity index (χ0n) is 12.4. The van der Waals surface area contributed by atoms with Gasteiger partial charge in [0.15, 0.2) is 0 Å². The number of thiophene rings is 1. The fraction of sp³-hybridized carbons (Fsp3) is 0.533. The van der Waals surface area contributed by atoms with Crippen LogP contribution in [0.15, 0.2) is 12.1 Å². The van der Waals surface area contributed by atoms with Crippen LogP contribution in [-0.4, -0.2) is 14.9 Å². The molecule has 1 unspecified atom stereocenters. The van der Waals surface area contributed by atoms with E-state index in [2.05, 4.69) is 5.10 Å². The quantitative estimate of drug-likeness (QED) is 0.908. The average molecular weight is 313 g/mol. The van der Waals surface area contributed by atoms with E-state index in [1.807, 2.05) is 44.5 Å². The van der Waals surface area contributed by atoms with E-state index in [1.165, 1.54) is 4.88 Å². The first-order valence-electron chi connectivity index (χ1n) is 6.92. The van der Waals surface area contributed by atoms with Gasteiger partial charge in [-0.05, 0) is 39.3 Å². The van der Waals surface area contributed by atoms with Gasteiger partial charge in [-0.15, -0.1) is 11.3 Å². The molecule has 2 aromatic heterocycles. The molecule has 0 aliphatic rings. The molecule has 2 aromatic rings. The standard InChI is InChI=1S/C15H21ClN2OS/c1-5-11-14(16)12(18(6-2)17-11)9-15(4,19)13-8-7-10(3)20-13/h7-8,19H,5-6,9H2,1-4H3. The number of aliphatic hydroxyl groups is 1. The topological polar surface area (TPSA) is 38.0 Å². The van der Waals surface area contributed by atoms with Gasteiger partial charge in [-0.3, -0.25) is 4.68 Å². The molecule has 0 bridgehead atoms. The van der Waals surface area contributed by atoms with Gasteiger partial charge in [0, 0.05) is 22.7 Å². The summed E-state index contributed by atoms with van der Waals surface area (Å²) in [5.41, 5.74) is 0.907. The minimum absolute atomic E-state index is 0.479. The van der Waals surface area contributed by atoms with Crippen LogP contribution in [0, 0.1) is 6.92 Å². The van der Waals surface area contributed by atoms with E-state index in [0.717, 1.165) is 29.2 Å². The molecule has 0 fully saturated rings. The molecule has 20 heavy (non-hydrogen) atoms. The van der Waals surface area contributed by atoms with Crippen molar-refractivity contribution in [3.05, 3.63) is 38.3 Å². The minimum Gasteiger partial charge on any atom is -0.384 e. The molecule has 0 spiro atoms. The fourth-order valence-corrected chi connectivity index (χ4v) is 3.57. The summed E-state index contributed by atoms with van der Waals surface area (Å²) in [6.45, 7) is 8.72. The summed E-state index contributed by atoms with van der Waals surface area (Å²) in [5.74, 6) is 0. The molecular formula is C15H21ClN2OS. The number of nitrogens with zero attached hydrogens (tertiary/aromatic N) is 2. The van der Waals surface area contributed by atoms with Crippen LogP contribution in [-0.2, 0) is 25.0 Å². The molecule has 0 aliphatic heterocycles. The van der Waals surface area contributed by atoms with Crippen molar-refractivity contribution in [2.75, 3.05) is 0 Å². The number of aryl methyl sites for hydroxylation is 3. The summed E-state index contributed by atoms with van der Waals surface area (Å²) in [4.78, 5) is 2.16. The molecule has 0 radical (unpaired) electrons. The molecule has 2 rings (SSSR count). The predicted octanol–water partition coefficient (Wildman–Crippen LogP) is 3.94. The molecule has 0 aromatic carbocycles. The first-order chi connectivity index (χ1) is 9.39. The van der Waals surface area contributed by atoms with Crippen LogP contribution in [0.4, 0.5) is 0 Å². The first kappa shape index (κ1) is 15.5. The van der Waals surface area contributed by atoms with E-state index < -0.39 is 5.60 Å². The highest BCUT2D eigenvalue weighted by Crippen LogP contribution is 2.34. The van der Waals surface area contributed by atoms with E-state index in [1.54, 1.807) is 11.3 Å². The number of aromatic nitrogens is 2. The van der Waals surface area contributed by atoms with Gasteiger partial charge < -0.3 is 5.11 Å². The SMILES string of the molecule is CCc1nn(CC)c(CC(C)(O)c2ccc(C)s2)c1Cl. The zero-order chi connectivity index (χ0) is 14.9. The van der Waals surface area contributed by atoms with Crippen molar-refractivity contribution in [1.29, 1.82) is 0 Å². The van der Waals surface area contributed by atoms with Crippen LogP contribution >= 0.6 is 22.9 Å². The lowest BCUT2D eigenvalue weighted by Crippen LogP contribution is -2.24. The van der Waals surface area contributed by atoms with Gasteiger partial charge >= 0.3 is 0 Å². The summed E-state index contributed by atoms with van der Waals surface area (Å²) < 4.78 is 1.90. The van der Waals surface area contributed by atoms with Gasteiger partial charge in [0.25, 0.3) is 0 Å². The Morgan fingerprint density at radius 2 is 2.10 bits per heavy atom. The van der Waals surface area contributed by atoms with E-state index in [9.17, 15) is 5.11 Å². The van der Waals surface area contributed by atoms with Gasteiger partial charge in [0.05, 0.1) is 16.4 Å². The summed E-state index contributed by atoms with van der Waals surface area (Å²) in [5, 5.41) is 16.0. The molecular weight excluding hydrogens is 292 g/mol. The van der Waals surface area contributed by atoms with Crippen molar-refractivity contribution in [1.82, 2.24) is 9.78 Å². The molecule has 5 heteroatoms. The van der Waals surface area contributed by atoms with E-state index in [-0.39, 0.29) is 0 Å². The Bertz CT molecular complexity index is 601. The van der Waals surface area contributed by atoms with Crippen LogP contribution < -0.4 is 0 Å². The average Bonchev–Trinajstić information content (AvgIpc) is 2.95. The van der Waals surface area contributed by atoms with E-state index >= 15 is 0 Å². The van der Waals surface area contributed by atoms with E-state index in [0.29, 0.717) is 11.4 Å². The third-order valence-corrected chi connectivity index (χ3v) is 5.17. The maximum Gasteiger partial charge on any atom is 0.102 e. The summed E-state index contributed by atoms with van der Waals surface area (Å²) in [6.07, 6.45) is 1.28. The number of halogens is 1. The monoisotopic (exact) mass is 312 g/mol. The van der Waals surface area contributed by atoms with Gasteiger partial charge in [-0.1, -0.05) is 18.5 Å². The Kier molecular flexibility index (Phi) is 4.57. The Balaban J connectivity index is 2.35. The Hall–Kier alpha value is -0.840. The van der Waals surface area contributed by atoms with Crippen LogP contribution in [0.25, 0.3) is 0 Å². The maximum absolute atomic E-state index is 10.8. The normalized spacial score (nSPS) is 14.5. The third-order valence-electron chi connectivity index (χ3n) is 3.48. The Morgan fingerprint density at radius 1 is 1.40 bits per heavy atom. The molecule has 0 saturated carbocycles. The van der Waals surface area contributed by atoms with Crippen molar-refractivity contribution in [3.8, 4) is 0 Å². The zero-order valence-corrected chi connectivity index (χ0v) is 14.0. The lowest BCUT2D eigenvalue weighted by molar-refractivity contribution is 0.0592. The van der Waals surface area contributed by atoms with Crippen LogP contribution in [0.5, 0.6) is 0 Å². The first-order valence-corrected chi connectivity index (χ1v) is 8.11. The highest BCUT2D eigenvalue weighted by atomic mass is 35.5. The van der Waals surface area contributed by atoms with Gasteiger partial charge in [-0.25, -0.2) is 0 Å². The smallest absolute Gasteiger partial charge is 0.102 e. The van der Waals surface area contributed by atoms with Crippen molar-refractivity contribution in [2.45, 2.75) is 52.7 Å². The third kappa shape index (κ3) is 2.92. The molecule has 0 amide bonds. The molecule has 3 nitrogen and oxygen atoms in total. The molecule has 2 heterocycles. The van der Waals surface area contributed by atoms with Crippen molar-refractivity contribution in [3.63, 3.8) is 0 Å². The minimum atomic E-state index is -0.916. The largest absolute Gasteiger partial charge is 0.384 e. The second kappa shape index (κ2) is 5.88. The highest BCUT2D eigenvalue weighted by molar-refractivity contribution is 7.12. The molecule has 1 N–H and O–H groups in total. The second-order valence-corrected chi connectivity index (χ2v) is 6.90. The number of hydrogen-bond acceptors (Lipinski definition) is 3. The highest BCUT2D eigenvalue weighted by Gasteiger charge is 2.29.